The third kappa shape index (κ3) is 3.73. The van der Waals surface area contributed by atoms with Gasteiger partial charge in [-0.15, -0.1) is 11.8 Å². The van der Waals surface area contributed by atoms with Gasteiger partial charge < -0.3 is 5.73 Å². The van der Waals surface area contributed by atoms with Crippen LogP contribution in [0.3, 0.4) is 0 Å². The van der Waals surface area contributed by atoms with Crippen molar-refractivity contribution in [2.24, 2.45) is 5.73 Å². The topological polar surface area (TPSA) is 38.9 Å². The van der Waals surface area contributed by atoms with Crippen molar-refractivity contribution >= 4 is 23.4 Å². The highest BCUT2D eigenvalue weighted by molar-refractivity contribution is 7.99. The maximum Gasteiger partial charge on any atom is 0.0406 e. The third-order valence-electron chi connectivity index (χ3n) is 2.36. The van der Waals surface area contributed by atoms with Crippen LogP contribution in [0.2, 0.25) is 5.02 Å². The van der Waals surface area contributed by atoms with Gasteiger partial charge >= 0.3 is 0 Å². The van der Waals surface area contributed by atoms with Crippen LogP contribution >= 0.6 is 23.4 Å². The first-order valence-corrected chi connectivity index (χ1v) is 6.66. The van der Waals surface area contributed by atoms with Crippen molar-refractivity contribution < 1.29 is 0 Å². The summed E-state index contributed by atoms with van der Waals surface area (Å²) >= 11 is 7.55. The minimum Gasteiger partial charge on any atom is -0.323 e. The molecular weight excluding hydrogens is 252 g/mol. The number of hydrogen-bond acceptors (Lipinski definition) is 3. The maximum atomic E-state index is 6.09. The molecule has 0 fully saturated rings. The molecule has 17 heavy (non-hydrogen) atoms. The van der Waals surface area contributed by atoms with Crippen molar-refractivity contribution in [3.8, 4) is 0 Å². The van der Waals surface area contributed by atoms with E-state index < -0.39 is 0 Å². The molecule has 1 atom stereocenters. The third-order valence-corrected chi connectivity index (χ3v) is 3.74. The zero-order valence-electron chi connectivity index (χ0n) is 9.21. The van der Waals surface area contributed by atoms with Crippen molar-refractivity contribution in [3.05, 3.63) is 59.4 Å². The summed E-state index contributed by atoms with van der Waals surface area (Å²) < 4.78 is 0. The Kier molecular flexibility index (Phi) is 4.42. The average Bonchev–Trinajstić information content (AvgIpc) is 2.39. The highest BCUT2D eigenvalue weighted by atomic mass is 35.5. The highest BCUT2D eigenvalue weighted by Gasteiger charge is 2.06. The van der Waals surface area contributed by atoms with Crippen LogP contribution in [0.15, 0.2) is 53.7 Å². The predicted octanol–water partition coefficient (Wildman–Crippen LogP) is 3.53. The fourth-order valence-electron chi connectivity index (χ4n) is 1.41. The smallest absolute Gasteiger partial charge is 0.0406 e. The molecule has 2 N–H and O–H groups in total. The first-order valence-electron chi connectivity index (χ1n) is 5.29. The summed E-state index contributed by atoms with van der Waals surface area (Å²) in [7, 11) is 0. The van der Waals surface area contributed by atoms with Gasteiger partial charge in [-0.25, -0.2) is 0 Å². The van der Waals surface area contributed by atoms with Gasteiger partial charge in [0.1, 0.15) is 0 Å². The van der Waals surface area contributed by atoms with Gasteiger partial charge in [0, 0.05) is 34.1 Å². The molecule has 1 unspecified atom stereocenters. The molecule has 0 aliphatic rings. The van der Waals surface area contributed by atoms with E-state index in [0.29, 0.717) is 0 Å². The monoisotopic (exact) mass is 264 g/mol. The van der Waals surface area contributed by atoms with Gasteiger partial charge in [0.25, 0.3) is 0 Å². The summed E-state index contributed by atoms with van der Waals surface area (Å²) in [6.07, 6.45) is 3.57. The second-order valence-electron chi connectivity index (χ2n) is 3.66. The number of nitrogens with zero attached hydrogens (tertiary/aromatic N) is 1. The average molecular weight is 265 g/mol. The molecule has 0 bridgehead atoms. The molecule has 1 aromatic carbocycles. The minimum absolute atomic E-state index is 0.00405. The molecule has 2 nitrogen and oxygen atoms in total. The van der Waals surface area contributed by atoms with Crippen LogP contribution in [0.4, 0.5) is 0 Å². The van der Waals surface area contributed by atoms with Gasteiger partial charge in [0.05, 0.1) is 0 Å². The van der Waals surface area contributed by atoms with Crippen LogP contribution in [-0.2, 0) is 0 Å². The summed E-state index contributed by atoms with van der Waals surface area (Å²) in [4.78, 5) is 5.24. The Labute approximate surface area is 110 Å². The molecule has 2 aromatic rings. The lowest BCUT2D eigenvalue weighted by Gasteiger charge is -2.10. The number of benzene rings is 1. The maximum absolute atomic E-state index is 6.09. The number of nitrogens with two attached hydrogens (primary N) is 1. The minimum atomic E-state index is 0.00405. The van der Waals surface area contributed by atoms with Crippen molar-refractivity contribution in [1.82, 2.24) is 4.98 Å². The Morgan fingerprint density at radius 3 is 2.65 bits per heavy atom. The Balaban J connectivity index is 1.92. The van der Waals surface area contributed by atoms with E-state index in [1.165, 1.54) is 4.90 Å². The fourth-order valence-corrected chi connectivity index (χ4v) is 2.43. The second kappa shape index (κ2) is 6.05. The van der Waals surface area contributed by atoms with Crippen LogP contribution in [0.5, 0.6) is 0 Å². The molecular formula is C13H13ClN2S. The molecule has 4 heteroatoms. The van der Waals surface area contributed by atoms with E-state index in [9.17, 15) is 0 Å². The Morgan fingerprint density at radius 2 is 2.00 bits per heavy atom. The Bertz CT molecular complexity index is 459. The number of halogens is 1. The van der Waals surface area contributed by atoms with Crippen LogP contribution in [-0.4, -0.2) is 10.7 Å². The molecule has 0 radical (unpaired) electrons. The summed E-state index contributed by atoms with van der Waals surface area (Å²) in [5, 5.41) is 0.755. The van der Waals surface area contributed by atoms with Crippen molar-refractivity contribution in [3.63, 3.8) is 0 Å². The largest absolute Gasteiger partial charge is 0.323 e. The molecule has 0 spiro atoms. The number of thioether (sulfide) groups is 1. The van der Waals surface area contributed by atoms with E-state index in [1.807, 2.05) is 42.6 Å². The summed E-state index contributed by atoms with van der Waals surface area (Å²) in [6.45, 7) is 0. The van der Waals surface area contributed by atoms with E-state index in [1.54, 1.807) is 18.0 Å². The van der Waals surface area contributed by atoms with Crippen LogP contribution in [0.25, 0.3) is 0 Å². The van der Waals surface area contributed by atoms with E-state index in [-0.39, 0.29) is 6.04 Å². The lowest BCUT2D eigenvalue weighted by Crippen LogP contribution is -2.12. The van der Waals surface area contributed by atoms with Gasteiger partial charge in [-0.3, -0.25) is 4.98 Å². The van der Waals surface area contributed by atoms with Gasteiger partial charge in [-0.05, 0) is 35.9 Å². The number of aromatic nitrogens is 1. The summed E-state index contributed by atoms with van der Waals surface area (Å²) in [5.74, 6) is 0.827. The van der Waals surface area contributed by atoms with Gasteiger partial charge in [0.15, 0.2) is 0 Å². The van der Waals surface area contributed by atoms with Crippen LogP contribution in [0, 0.1) is 0 Å². The fraction of sp³-hybridized carbons (Fsp3) is 0.154. The van der Waals surface area contributed by atoms with Gasteiger partial charge in [-0.2, -0.15) is 0 Å². The Hall–Kier alpha value is -1.03. The van der Waals surface area contributed by atoms with E-state index in [0.717, 1.165) is 16.3 Å². The standard InChI is InChI=1S/C13H13ClN2S/c14-11-3-5-12(6-4-11)17-9-13(15)10-2-1-7-16-8-10/h1-8,13H,9,15H2. The molecule has 0 aliphatic heterocycles. The van der Waals surface area contributed by atoms with Crippen LogP contribution < -0.4 is 5.73 Å². The van der Waals surface area contributed by atoms with Gasteiger partial charge in [0.2, 0.25) is 0 Å². The number of pyridine rings is 1. The number of rotatable bonds is 4. The molecule has 1 heterocycles. The first kappa shape index (κ1) is 12.4. The zero-order valence-corrected chi connectivity index (χ0v) is 10.8. The Morgan fingerprint density at radius 1 is 1.24 bits per heavy atom. The summed E-state index contributed by atoms with van der Waals surface area (Å²) in [6, 6.07) is 11.7. The SMILES string of the molecule is NC(CSc1ccc(Cl)cc1)c1cccnc1. The van der Waals surface area contributed by atoms with E-state index >= 15 is 0 Å². The highest BCUT2D eigenvalue weighted by Crippen LogP contribution is 2.24. The van der Waals surface area contributed by atoms with Gasteiger partial charge in [-0.1, -0.05) is 17.7 Å². The zero-order chi connectivity index (χ0) is 12.1. The summed E-state index contributed by atoms with van der Waals surface area (Å²) in [5.41, 5.74) is 7.15. The normalized spacial score (nSPS) is 12.4. The lowest BCUT2D eigenvalue weighted by atomic mass is 10.2. The van der Waals surface area contributed by atoms with Crippen LogP contribution in [0.1, 0.15) is 11.6 Å². The molecule has 0 saturated heterocycles. The molecule has 1 aromatic heterocycles. The molecule has 0 saturated carbocycles. The molecule has 2 rings (SSSR count). The molecule has 0 amide bonds. The quantitative estimate of drug-likeness (QED) is 0.859. The van der Waals surface area contributed by atoms with Crippen molar-refractivity contribution in [1.29, 1.82) is 0 Å². The van der Waals surface area contributed by atoms with E-state index in [4.69, 9.17) is 17.3 Å². The molecule has 88 valence electrons. The predicted molar refractivity (Wildman–Crippen MR) is 73.3 cm³/mol. The number of hydrogen-bond donors (Lipinski definition) is 1. The molecule has 0 aliphatic carbocycles. The van der Waals surface area contributed by atoms with Crippen molar-refractivity contribution in [2.45, 2.75) is 10.9 Å². The second-order valence-corrected chi connectivity index (χ2v) is 5.19. The first-order chi connectivity index (χ1) is 8.25. The van der Waals surface area contributed by atoms with E-state index in [2.05, 4.69) is 4.98 Å². The lowest BCUT2D eigenvalue weighted by molar-refractivity contribution is 0.824. The van der Waals surface area contributed by atoms with Crippen molar-refractivity contribution in [2.75, 3.05) is 5.75 Å².